The summed E-state index contributed by atoms with van der Waals surface area (Å²) in [5, 5.41) is 2.44. The second-order valence-electron chi connectivity index (χ2n) is 10.6. The van der Waals surface area contributed by atoms with Crippen molar-refractivity contribution in [1.29, 1.82) is 0 Å². The van der Waals surface area contributed by atoms with E-state index in [-0.39, 0.29) is 17.8 Å². The van der Waals surface area contributed by atoms with Gasteiger partial charge >= 0.3 is 6.18 Å². The van der Waals surface area contributed by atoms with Crippen LogP contribution in [0, 0.1) is 12.7 Å². The van der Waals surface area contributed by atoms with Crippen LogP contribution >= 0.6 is 0 Å². The lowest BCUT2D eigenvalue weighted by atomic mass is 10.0. The van der Waals surface area contributed by atoms with Gasteiger partial charge in [-0.3, -0.25) is 14.5 Å². The third kappa shape index (κ3) is 7.27. The molecule has 220 valence electrons. The van der Waals surface area contributed by atoms with E-state index in [1.54, 1.807) is 0 Å². The molecule has 41 heavy (non-hydrogen) atoms. The van der Waals surface area contributed by atoms with Gasteiger partial charge in [-0.25, -0.2) is 4.39 Å². The second kappa shape index (κ2) is 12.3. The number of pyridine rings is 1. The number of halogens is 4. The van der Waals surface area contributed by atoms with Gasteiger partial charge in [-0.05, 0) is 70.5 Å². The number of anilines is 2. The molecular formula is C30H34F4N4O3. The van der Waals surface area contributed by atoms with Gasteiger partial charge in [0.2, 0.25) is 5.56 Å². The molecule has 1 saturated heterocycles. The highest BCUT2D eigenvalue weighted by molar-refractivity contribution is 6.06. The molecule has 0 bridgehead atoms. The summed E-state index contributed by atoms with van der Waals surface area (Å²) in [5.74, 6) is -0.495. The van der Waals surface area contributed by atoms with Crippen molar-refractivity contribution in [2.45, 2.75) is 51.9 Å². The van der Waals surface area contributed by atoms with Crippen molar-refractivity contribution in [3.05, 3.63) is 87.1 Å². The van der Waals surface area contributed by atoms with E-state index in [0.717, 1.165) is 31.0 Å². The van der Waals surface area contributed by atoms with Crippen LogP contribution in [0.1, 0.15) is 47.3 Å². The van der Waals surface area contributed by atoms with E-state index >= 15 is 0 Å². The highest BCUT2D eigenvalue weighted by Crippen LogP contribution is 2.33. The molecule has 2 N–H and O–H groups in total. The summed E-state index contributed by atoms with van der Waals surface area (Å²) < 4.78 is 59.3. The van der Waals surface area contributed by atoms with Crippen molar-refractivity contribution in [2.75, 3.05) is 37.0 Å². The number of piperazine rings is 1. The summed E-state index contributed by atoms with van der Waals surface area (Å²) in [7, 11) is 1.98. The van der Waals surface area contributed by atoms with Crippen LogP contribution in [0.4, 0.5) is 28.9 Å². The van der Waals surface area contributed by atoms with E-state index in [1.165, 1.54) is 29.7 Å². The molecule has 3 aromatic rings. The fourth-order valence-electron chi connectivity index (χ4n) is 5.05. The third-order valence-corrected chi connectivity index (χ3v) is 7.45. The molecule has 2 unspecified atom stereocenters. The minimum Gasteiger partial charge on any atom is -0.493 e. The van der Waals surface area contributed by atoms with E-state index < -0.39 is 34.6 Å². The van der Waals surface area contributed by atoms with Crippen molar-refractivity contribution in [3.8, 4) is 5.75 Å². The number of hydrogen-bond acceptors (Lipinski definition) is 5. The molecule has 5 rings (SSSR count). The summed E-state index contributed by atoms with van der Waals surface area (Å²) in [6, 6.07) is 10.7. The summed E-state index contributed by atoms with van der Waals surface area (Å²) in [4.78, 5) is 30.1. The zero-order chi connectivity index (χ0) is 29.9. The second-order valence-corrected chi connectivity index (χ2v) is 10.6. The number of amides is 1. The third-order valence-electron chi connectivity index (χ3n) is 7.45. The molecule has 2 aliphatic rings. The smallest absolute Gasteiger partial charge is 0.417 e. The largest absolute Gasteiger partial charge is 0.493 e. The number of alkyl halides is 3. The van der Waals surface area contributed by atoms with Crippen molar-refractivity contribution < 1.29 is 27.1 Å². The maximum atomic E-state index is 14.0. The van der Waals surface area contributed by atoms with Gasteiger partial charge in [0.25, 0.3) is 5.91 Å². The van der Waals surface area contributed by atoms with Gasteiger partial charge in [-0.15, -0.1) is 0 Å². The van der Waals surface area contributed by atoms with E-state index in [1.807, 2.05) is 25.8 Å². The Morgan fingerprint density at radius 3 is 2.46 bits per heavy atom. The monoisotopic (exact) mass is 574 g/mol. The average molecular weight is 575 g/mol. The molecule has 0 spiro atoms. The standard InChI is InChI=1S/C20H22F4N4O2.C10H12O/c1-11-9-28(10-12(2)27(11)3)17-6-13(21)4-5-16(17)26-19(30)14-8-25-18(29)7-15(14)20(22,23)24;1-8-4-5-10-9(7-8)3-2-6-11-10/h4-8,11-12H,9-10H2,1-3H3,(H,25,29)(H,26,30);4-5,7H,2-3,6H2,1H3. The van der Waals surface area contributed by atoms with E-state index in [9.17, 15) is 27.2 Å². The lowest BCUT2D eigenvalue weighted by Gasteiger charge is -2.44. The van der Waals surface area contributed by atoms with Crippen LogP contribution in [0.5, 0.6) is 5.75 Å². The van der Waals surface area contributed by atoms with Crippen LogP contribution in [0.15, 0.2) is 53.5 Å². The quantitative estimate of drug-likeness (QED) is 0.397. The number of benzene rings is 2. The van der Waals surface area contributed by atoms with Crippen LogP contribution in [-0.4, -0.2) is 54.6 Å². The first-order chi connectivity index (χ1) is 19.3. The maximum absolute atomic E-state index is 14.0. The number of carbonyl (C=O) groups excluding carboxylic acids is 1. The number of H-pyrrole nitrogens is 1. The van der Waals surface area contributed by atoms with E-state index in [4.69, 9.17) is 4.74 Å². The summed E-state index contributed by atoms with van der Waals surface area (Å²) in [6.45, 7) is 8.14. The summed E-state index contributed by atoms with van der Waals surface area (Å²) in [6.07, 6.45) is -1.81. The van der Waals surface area contributed by atoms with Gasteiger partial charge in [-0.1, -0.05) is 17.7 Å². The molecule has 11 heteroatoms. The Morgan fingerprint density at radius 2 is 1.78 bits per heavy atom. The Hall–Kier alpha value is -3.86. The minimum atomic E-state index is -4.88. The highest BCUT2D eigenvalue weighted by Gasteiger charge is 2.36. The highest BCUT2D eigenvalue weighted by atomic mass is 19.4. The number of aryl methyl sites for hydroxylation is 2. The Kier molecular flexibility index (Phi) is 9.06. The van der Waals surface area contributed by atoms with E-state index in [0.29, 0.717) is 24.8 Å². The molecule has 1 aromatic heterocycles. The first-order valence-electron chi connectivity index (χ1n) is 13.4. The van der Waals surface area contributed by atoms with Crippen molar-refractivity contribution in [1.82, 2.24) is 9.88 Å². The number of likely N-dealkylation sites (N-methyl/N-ethyl adjacent to an activating group) is 1. The number of fused-ring (bicyclic) bond motifs is 1. The number of hydrogen-bond donors (Lipinski definition) is 2. The van der Waals surface area contributed by atoms with Gasteiger partial charge in [0.05, 0.1) is 29.1 Å². The van der Waals surface area contributed by atoms with Crippen LogP contribution < -0.4 is 20.5 Å². The lowest BCUT2D eigenvalue weighted by Crippen LogP contribution is -2.55. The Balaban J connectivity index is 0.000000291. The predicted octanol–water partition coefficient (Wildman–Crippen LogP) is 5.63. The summed E-state index contributed by atoms with van der Waals surface area (Å²) in [5.41, 5.74) is 0.233. The predicted molar refractivity (Wildman–Crippen MR) is 150 cm³/mol. The van der Waals surface area contributed by atoms with Gasteiger partial charge in [0, 0.05) is 37.4 Å². The van der Waals surface area contributed by atoms with Crippen LogP contribution in [0.25, 0.3) is 0 Å². The molecule has 1 amide bonds. The summed E-state index contributed by atoms with van der Waals surface area (Å²) >= 11 is 0. The molecule has 3 heterocycles. The Labute approximate surface area is 236 Å². The molecule has 0 radical (unpaired) electrons. The van der Waals surface area contributed by atoms with Gasteiger partial charge in [0.1, 0.15) is 11.6 Å². The molecule has 2 aromatic carbocycles. The molecule has 0 saturated carbocycles. The molecular weight excluding hydrogens is 540 g/mol. The number of aromatic nitrogens is 1. The SMILES string of the molecule is CC1CN(c2cc(F)ccc2NC(=O)c2c[nH]c(=O)cc2C(F)(F)F)CC(C)N1C.Cc1ccc2c(c1)CCCO2. The van der Waals surface area contributed by atoms with Crippen molar-refractivity contribution in [3.63, 3.8) is 0 Å². The topological polar surface area (TPSA) is 77.7 Å². The maximum Gasteiger partial charge on any atom is 0.417 e. The fraction of sp³-hybridized carbons (Fsp3) is 0.400. The molecule has 0 aliphatic carbocycles. The van der Waals surface area contributed by atoms with Gasteiger partial charge < -0.3 is 19.9 Å². The first kappa shape index (κ1) is 30.1. The minimum absolute atomic E-state index is 0.150. The van der Waals surface area contributed by atoms with Crippen molar-refractivity contribution in [2.24, 2.45) is 0 Å². The van der Waals surface area contributed by atoms with Gasteiger partial charge in [-0.2, -0.15) is 13.2 Å². The average Bonchev–Trinajstić information content (AvgIpc) is 2.92. The Morgan fingerprint density at radius 1 is 1.07 bits per heavy atom. The van der Waals surface area contributed by atoms with Crippen molar-refractivity contribution >= 4 is 17.3 Å². The zero-order valence-electron chi connectivity index (χ0n) is 23.4. The zero-order valence-corrected chi connectivity index (χ0v) is 23.4. The molecule has 7 nitrogen and oxygen atoms in total. The number of ether oxygens (including phenoxy) is 1. The number of carbonyl (C=O) groups is 1. The van der Waals surface area contributed by atoms with Crippen LogP contribution in [-0.2, 0) is 12.6 Å². The Bertz CT molecular complexity index is 1440. The number of rotatable bonds is 3. The first-order valence-corrected chi connectivity index (χ1v) is 13.4. The number of nitrogens with zero attached hydrogens (tertiary/aromatic N) is 2. The number of aromatic amines is 1. The molecule has 1 fully saturated rings. The lowest BCUT2D eigenvalue weighted by molar-refractivity contribution is -0.138. The van der Waals surface area contributed by atoms with Crippen LogP contribution in [0.3, 0.4) is 0 Å². The molecule has 2 aliphatic heterocycles. The fourth-order valence-corrected chi connectivity index (χ4v) is 5.05. The van der Waals surface area contributed by atoms with Gasteiger partial charge in [0.15, 0.2) is 0 Å². The molecule has 2 atom stereocenters. The number of nitrogens with one attached hydrogen (secondary N) is 2. The normalized spacial score (nSPS) is 19.0. The van der Waals surface area contributed by atoms with E-state index in [2.05, 4.69) is 40.3 Å². The van der Waals surface area contributed by atoms with Crippen LogP contribution in [0.2, 0.25) is 0 Å².